The van der Waals surface area contributed by atoms with E-state index in [1.54, 1.807) is 0 Å². The summed E-state index contributed by atoms with van der Waals surface area (Å²) in [5.41, 5.74) is 1.75. The second-order valence-corrected chi connectivity index (χ2v) is 5.69. The maximum atomic E-state index is 6.16. The molecule has 1 spiro atoms. The summed E-state index contributed by atoms with van der Waals surface area (Å²) >= 11 is 0. The van der Waals surface area contributed by atoms with Gasteiger partial charge in [-0.2, -0.15) is 0 Å². The van der Waals surface area contributed by atoms with E-state index in [1.165, 1.54) is 50.5 Å². The monoisotopic (exact) mass is 230 g/mol. The van der Waals surface area contributed by atoms with Crippen molar-refractivity contribution in [2.45, 2.75) is 56.5 Å². The van der Waals surface area contributed by atoms with Crippen molar-refractivity contribution in [2.75, 3.05) is 6.61 Å². The molecule has 92 valence electrons. The van der Waals surface area contributed by atoms with Gasteiger partial charge in [0.15, 0.2) is 0 Å². The van der Waals surface area contributed by atoms with Crippen molar-refractivity contribution < 1.29 is 4.74 Å². The van der Waals surface area contributed by atoms with Gasteiger partial charge in [-0.15, -0.1) is 0 Å². The predicted molar refractivity (Wildman–Crippen MR) is 70.2 cm³/mol. The third kappa shape index (κ3) is 2.40. The molecule has 3 rings (SSSR count). The largest absolute Gasteiger partial charge is 0.375 e. The molecule has 0 N–H and O–H groups in total. The highest BCUT2D eigenvalue weighted by Crippen LogP contribution is 2.43. The molecule has 1 aromatic carbocycles. The molecule has 0 bridgehead atoms. The Morgan fingerprint density at radius 1 is 1.00 bits per heavy atom. The van der Waals surface area contributed by atoms with E-state index in [4.69, 9.17) is 4.74 Å². The van der Waals surface area contributed by atoms with Crippen molar-refractivity contribution in [1.29, 1.82) is 0 Å². The normalized spacial score (nSPS) is 28.1. The first-order valence-electron chi connectivity index (χ1n) is 7.07. The molecule has 1 saturated heterocycles. The highest BCUT2D eigenvalue weighted by atomic mass is 16.5. The minimum absolute atomic E-state index is 0.233. The van der Waals surface area contributed by atoms with Crippen molar-refractivity contribution in [1.82, 2.24) is 0 Å². The number of rotatable bonds is 1. The molecular formula is C16H22O. The van der Waals surface area contributed by atoms with Crippen LogP contribution in [0.25, 0.3) is 0 Å². The van der Waals surface area contributed by atoms with Crippen LogP contribution in [0.5, 0.6) is 0 Å². The van der Waals surface area contributed by atoms with Crippen LogP contribution in [0.4, 0.5) is 0 Å². The lowest BCUT2D eigenvalue weighted by atomic mass is 9.74. The lowest BCUT2D eigenvalue weighted by Gasteiger charge is -2.43. The Morgan fingerprint density at radius 3 is 2.53 bits per heavy atom. The molecule has 0 radical (unpaired) electrons. The lowest BCUT2D eigenvalue weighted by Crippen LogP contribution is -2.40. The van der Waals surface area contributed by atoms with E-state index < -0.39 is 0 Å². The van der Waals surface area contributed by atoms with E-state index in [2.05, 4.69) is 30.3 Å². The van der Waals surface area contributed by atoms with Gasteiger partial charge in [0, 0.05) is 6.61 Å². The van der Waals surface area contributed by atoms with Gasteiger partial charge in [-0.1, -0.05) is 49.6 Å². The second-order valence-electron chi connectivity index (χ2n) is 5.69. The zero-order valence-electron chi connectivity index (χ0n) is 10.5. The number of ether oxygens (including phenoxy) is 1. The quantitative estimate of drug-likeness (QED) is 0.699. The average molecular weight is 230 g/mol. The third-order valence-electron chi connectivity index (χ3n) is 4.53. The van der Waals surface area contributed by atoms with E-state index in [9.17, 15) is 0 Å². The van der Waals surface area contributed by atoms with Crippen LogP contribution >= 0.6 is 0 Å². The number of hydrogen-bond acceptors (Lipinski definition) is 1. The molecule has 1 aromatic rings. The Bertz CT molecular complexity index is 346. The third-order valence-corrected chi connectivity index (χ3v) is 4.53. The molecule has 2 aliphatic rings. The standard InChI is InChI=1S/C16H22O/c1-3-7-14(8-4-1)15-9-12-17-16(13-15)10-5-2-6-11-16/h1,3-4,7-8,15H,2,5-6,9-13H2. The Labute approximate surface area is 104 Å². The Kier molecular flexibility index (Phi) is 3.19. The molecule has 1 heterocycles. The molecule has 0 aromatic heterocycles. The maximum absolute atomic E-state index is 6.16. The van der Waals surface area contributed by atoms with Crippen molar-refractivity contribution in [3.05, 3.63) is 35.9 Å². The molecular weight excluding hydrogens is 208 g/mol. The molecule has 1 unspecified atom stereocenters. The van der Waals surface area contributed by atoms with E-state index in [0.717, 1.165) is 12.5 Å². The predicted octanol–water partition coefficient (Wildman–Crippen LogP) is 4.28. The van der Waals surface area contributed by atoms with E-state index in [0.29, 0.717) is 0 Å². The molecule has 1 saturated carbocycles. The highest BCUT2D eigenvalue weighted by molar-refractivity contribution is 5.20. The molecule has 1 atom stereocenters. The van der Waals surface area contributed by atoms with Crippen LogP contribution in [-0.4, -0.2) is 12.2 Å². The first-order chi connectivity index (χ1) is 8.38. The zero-order chi connectivity index (χ0) is 11.6. The van der Waals surface area contributed by atoms with E-state index in [1.807, 2.05) is 0 Å². The Balaban J connectivity index is 1.75. The smallest absolute Gasteiger partial charge is 0.0688 e. The number of benzene rings is 1. The summed E-state index contributed by atoms with van der Waals surface area (Å²) in [6.07, 6.45) is 9.15. The van der Waals surface area contributed by atoms with Gasteiger partial charge < -0.3 is 4.74 Å². The van der Waals surface area contributed by atoms with Crippen molar-refractivity contribution in [2.24, 2.45) is 0 Å². The van der Waals surface area contributed by atoms with Crippen molar-refractivity contribution in [3.63, 3.8) is 0 Å². The fourth-order valence-electron chi connectivity index (χ4n) is 3.58. The maximum Gasteiger partial charge on any atom is 0.0688 e. The fourth-order valence-corrected chi connectivity index (χ4v) is 3.58. The van der Waals surface area contributed by atoms with E-state index >= 15 is 0 Å². The van der Waals surface area contributed by atoms with Crippen LogP contribution in [0.15, 0.2) is 30.3 Å². The summed E-state index contributed by atoms with van der Waals surface area (Å²) in [4.78, 5) is 0. The summed E-state index contributed by atoms with van der Waals surface area (Å²) in [5, 5.41) is 0. The summed E-state index contributed by atoms with van der Waals surface area (Å²) in [5.74, 6) is 0.725. The first-order valence-corrected chi connectivity index (χ1v) is 7.07. The van der Waals surface area contributed by atoms with Crippen LogP contribution in [0.2, 0.25) is 0 Å². The summed E-state index contributed by atoms with van der Waals surface area (Å²) in [7, 11) is 0. The van der Waals surface area contributed by atoms with Gasteiger partial charge in [-0.25, -0.2) is 0 Å². The van der Waals surface area contributed by atoms with Crippen LogP contribution in [0, 0.1) is 0 Å². The van der Waals surface area contributed by atoms with Gasteiger partial charge in [0.05, 0.1) is 5.60 Å². The summed E-state index contributed by atoms with van der Waals surface area (Å²) in [6, 6.07) is 11.0. The van der Waals surface area contributed by atoms with Gasteiger partial charge in [0.2, 0.25) is 0 Å². The van der Waals surface area contributed by atoms with Gasteiger partial charge >= 0.3 is 0 Å². The molecule has 0 amide bonds. The fraction of sp³-hybridized carbons (Fsp3) is 0.625. The molecule has 1 aliphatic heterocycles. The van der Waals surface area contributed by atoms with Crippen LogP contribution in [0.1, 0.15) is 56.4 Å². The molecule has 1 nitrogen and oxygen atoms in total. The topological polar surface area (TPSA) is 9.23 Å². The summed E-state index contributed by atoms with van der Waals surface area (Å²) in [6.45, 7) is 0.958. The second kappa shape index (κ2) is 4.81. The minimum Gasteiger partial charge on any atom is -0.375 e. The van der Waals surface area contributed by atoms with Crippen molar-refractivity contribution in [3.8, 4) is 0 Å². The van der Waals surface area contributed by atoms with Gasteiger partial charge in [-0.3, -0.25) is 0 Å². The lowest BCUT2D eigenvalue weighted by molar-refractivity contribution is -0.106. The first kappa shape index (κ1) is 11.3. The average Bonchev–Trinajstić information content (AvgIpc) is 2.41. The summed E-state index contributed by atoms with van der Waals surface area (Å²) < 4.78 is 6.16. The number of hydrogen-bond donors (Lipinski definition) is 0. The van der Waals surface area contributed by atoms with Crippen LogP contribution in [0.3, 0.4) is 0 Å². The molecule has 17 heavy (non-hydrogen) atoms. The highest BCUT2D eigenvalue weighted by Gasteiger charge is 2.38. The molecule has 2 fully saturated rings. The zero-order valence-corrected chi connectivity index (χ0v) is 10.5. The molecule has 1 heteroatoms. The SMILES string of the molecule is c1ccc(C2CCOC3(CCCCC3)C2)cc1. The Morgan fingerprint density at radius 2 is 1.76 bits per heavy atom. The van der Waals surface area contributed by atoms with Gasteiger partial charge in [0.1, 0.15) is 0 Å². The van der Waals surface area contributed by atoms with Crippen LogP contribution < -0.4 is 0 Å². The molecule has 1 aliphatic carbocycles. The van der Waals surface area contributed by atoms with Crippen LogP contribution in [-0.2, 0) is 4.74 Å². The van der Waals surface area contributed by atoms with Gasteiger partial charge in [0.25, 0.3) is 0 Å². The Hall–Kier alpha value is -0.820. The minimum atomic E-state index is 0.233. The van der Waals surface area contributed by atoms with E-state index in [-0.39, 0.29) is 5.60 Å². The van der Waals surface area contributed by atoms with Crippen molar-refractivity contribution >= 4 is 0 Å². The van der Waals surface area contributed by atoms with Gasteiger partial charge in [-0.05, 0) is 37.2 Å².